The summed E-state index contributed by atoms with van der Waals surface area (Å²) in [4.78, 5) is 1.12. The van der Waals surface area contributed by atoms with Crippen molar-refractivity contribution in [2.75, 3.05) is 0 Å². The van der Waals surface area contributed by atoms with Crippen molar-refractivity contribution in [1.29, 1.82) is 0 Å². The van der Waals surface area contributed by atoms with E-state index >= 15 is 0 Å². The van der Waals surface area contributed by atoms with Crippen molar-refractivity contribution >= 4 is 27.5 Å². The third-order valence-electron chi connectivity index (χ3n) is 2.77. The van der Waals surface area contributed by atoms with Gasteiger partial charge in [0.1, 0.15) is 0 Å². The van der Waals surface area contributed by atoms with Crippen molar-refractivity contribution in [2.24, 2.45) is 5.84 Å². The van der Waals surface area contributed by atoms with E-state index in [1.807, 2.05) is 12.1 Å². The summed E-state index contributed by atoms with van der Waals surface area (Å²) in [5, 5.41) is 4.13. The van der Waals surface area contributed by atoms with E-state index in [-0.39, 0.29) is 6.04 Å². The van der Waals surface area contributed by atoms with Crippen molar-refractivity contribution in [2.45, 2.75) is 25.8 Å². The number of hydrogen-bond acceptors (Lipinski definition) is 5. The van der Waals surface area contributed by atoms with Crippen LogP contribution in [0.2, 0.25) is 0 Å². The SMILES string of the molecule is CCc1nnsc1C(Cc1cccc(Br)c1)NN. The van der Waals surface area contributed by atoms with Crippen LogP contribution < -0.4 is 11.3 Å². The lowest BCUT2D eigenvalue weighted by atomic mass is 10.0. The summed E-state index contributed by atoms with van der Waals surface area (Å²) in [7, 11) is 0. The molecule has 0 aliphatic heterocycles. The topological polar surface area (TPSA) is 63.8 Å². The summed E-state index contributed by atoms with van der Waals surface area (Å²) in [6, 6.07) is 8.30. The molecule has 2 aromatic rings. The van der Waals surface area contributed by atoms with Crippen molar-refractivity contribution in [1.82, 2.24) is 15.0 Å². The molecule has 2 rings (SSSR count). The van der Waals surface area contributed by atoms with Crippen molar-refractivity contribution < 1.29 is 0 Å². The van der Waals surface area contributed by atoms with Crippen LogP contribution in [0.1, 0.15) is 29.1 Å². The predicted octanol–water partition coefficient (Wildman–Crippen LogP) is 2.61. The Labute approximate surface area is 119 Å². The van der Waals surface area contributed by atoms with Crippen molar-refractivity contribution in [3.05, 3.63) is 44.9 Å². The molecule has 0 spiro atoms. The van der Waals surface area contributed by atoms with E-state index in [4.69, 9.17) is 5.84 Å². The normalized spacial score (nSPS) is 12.6. The molecule has 96 valence electrons. The number of hydrogen-bond donors (Lipinski definition) is 2. The quantitative estimate of drug-likeness (QED) is 0.654. The molecule has 0 aliphatic carbocycles. The summed E-state index contributed by atoms with van der Waals surface area (Å²) < 4.78 is 5.09. The molecule has 0 saturated heterocycles. The summed E-state index contributed by atoms with van der Waals surface area (Å²) in [5.74, 6) is 5.66. The summed E-state index contributed by atoms with van der Waals surface area (Å²) in [6.07, 6.45) is 1.70. The largest absolute Gasteiger partial charge is 0.271 e. The van der Waals surface area contributed by atoms with E-state index in [2.05, 4.69) is 50.0 Å². The molecule has 1 aromatic heterocycles. The Morgan fingerprint density at radius 3 is 3.00 bits per heavy atom. The van der Waals surface area contributed by atoms with Crippen LogP contribution in [-0.2, 0) is 12.8 Å². The van der Waals surface area contributed by atoms with Gasteiger partial charge in [-0.05, 0) is 42.1 Å². The molecule has 1 heterocycles. The van der Waals surface area contributed by atoms with Gasteiger partial charge >= 0.3 is 0 Å². The Bertz CT molecular complexity index is 514. The fourth-order valence-electron chi connectivity index (χ4n) is 1.85. The first kappa shape index (κ1) is 13.6. The molecule has 4 nitrogen and oxygen atoms in total. The number of hydrazine groups is 1. The minimum atomic E-state index is 0.0641. The monoisotopic (exact) mass is 326 g/mol. The first-order valence-corrected chi connectivity index (χ1v) is 7.33. The zero-order chi connectivity index (χ0) is 13.0. The maximum Gasteiger partial charge on any atom is 0.0801 e. The second-order valence-electron chi connectivity index (χ2n) is 3.99. The lowest BCUT2D eigenvalue weighted by molar-refractivity contribution is 0.555. The first-order chi connectivity index (χ1) is 8.74. The highest BCUT2D eigenvalue weighted by Crippen LogP contribution is 2.24. The lowest BCUT2D eigenvalue weighted by Gasteiger charge is -2.15. The summed E-state index contributed by atoms with van der Waals surface area (Å²) >= 11 is 4.89. The van der Waals surface area contributed by atoms with Gasteiger partial charge in [0.15, 0.2) is 0 Å². The third kappa shape index (κ3) is 3.14. The number of aromatic nitrogens is 2. The van der Waals surface area contributed by atoms with Crippen LogP contribution in [0.3, 0.4) is 0 Å². The first-order valence-electron chi connectivity index (χ1n) is 5.76. The number of rotatable bonds is 5. The molecule has 3 N–H and O–H groups in total. The maximum absolute atomic E-state index is 5.66. The lowest BCUT2D eigenvalue weighted by Crippen LogP contribution is -2.29. The summed E-state index contributed by atoms with van der Waals surface area (Å²) in [6.45, 7) is 2.08. The highest BCUT2D eigenvalue weighted by Gasteiger charge is 2.17. The zero-order valence-corrected chi connectivity index (χ0v) is 12.5. The molecule has 1 atom stereocenters. The van der Waals surface area contributed by atoms with Gasteiger partial charge < -0.3 is 0 Å². The van der Waals surface area contributed by atoms with E-state index in [0.29, 0.717) is 0 Å². The average Bonchev–Trinajstić information content (AvgIpc) is 2.84. The van der Waals surface area contributed by atoms with E-state index in [9.17, 15) is 0 Å². The van der Waals surface area contributed by atoms with Gasteiger partial charge in [-0.2, -0.15) is 0 Å². The van der Waals surface area contributed by atoms with Crippen LogP contribution in [0.25, 0.3) is 0 Å². The number of halogens is 1. The van der Waals surface area contributed by atoms with E-state index in [1.54, 1.807) is 0 Å². The predicted molar refractivity (Wildman–Crippen MR) is 77.2 cm³/mol. The molecule has 0 bridgehead atoms. The Balaban J connectivity index is 2.20. The average molecular weight is 327 g/mol. The molecule has 18 heavy (non-hydrogen) atoms. The Kier molecular flexibility index (Phi) is 4.82. The second kappa shape index (κ2) is 6.38. The molecule has 0 aliphatic rings. The molecule has 6 heteroatoms. The number of nitrogens with zero attached hydrogens (tertiary/aromatic N) is 2. The number of aryl methyl sites for hydroxylation is 1. The van der Waals surface area contributed by atoms with Gasteiger partial charge in [0, 0.05) is 4.47 Å². The van der Waals surface area contributed by atoms with Gasteiger partial charge in [0.2, 0.25) is 0 Å². The van der Waals surface area contributed by atoms with Crippen LogP contribution in [0.4, 0.5) is 0 Å². The van der Waals surface area contributed by atoms with Crippen LogP contribution in [0.5, 0.6) is 0 Å². The number of benzene rings is 1. The van der Waals surface area contributed by atoms with E-state index in [1.165, 1.54) is 17.1 Å². The summed E-state index contributed by atoms with van der Waals surface area (Å²) in [5.41, 5.74) is 5.11. The number of nitrogens with two attached hydrogens (primary N) is 1. The molecule has 0 amide bonds. The molecule has 1 aromatic carbocycles. The highest BCUT2D eigenvalue weighted by molar-refractivity contribution is 9.10. The minimum Gasteiger partial charge on any atom is -0.271 e. The van der Waals surface area contributed by atoms with Crippen LogP contribution >= 0.6 is 27.5 Å². The standard InChI is InChI=1S/C12H15BrN4S/c1-2-10-12(18-17-16-10)11(15-14)7-8-4-3-5-9(13)6-8/h3-6,11,15H,2,7,14H2,1H3. The molecule has 0 radical (unpaired) electrons. The Hall–Kier alpha value is -0.820. The van der Waals surface area contributed by atoms with E-state index in [0.717, 1.165) is 27.9 Å². The smallest absolute Gasteiger partial charge is 0.0801 e. The minimum absolute atomic E-state index is 0.0641. The molecular formula is C12H15BrN4S. The molecule has 1 unspecified atom stereocenters. The fourth-order valence-corrected chi connectivity index (χ4v) is 3.10. The third-order valence-corrected chi connectivity index (χ3v) is 4.14. The van der Waals surface area contributed by atoms with Gasteiger partial charge in [-0.25, -0.2) is 0 Å². The zero-order valence-electron chi connectivity index (χ0n) is 10.1. The van der Waals surface area contributed by atoms with Gasteiger partial charge in [-0.15, -0.1) is 5.10 Å². The Morgan fingerprint density at radius 1 is 1.50 bits per heavy atom. The van der Waals surface area contributed by atoms with Crippen LogP contribution in [0.15, 0.2) is 28.7 Å². The van der Waals surface area contributed by atoms with Gasteiger partial charge in [0.25, 0.3) is 0 Å². The fraction of sp³-hybridized carbons (Fsp3) is 0.333. The highest BCUT2D eigenvalue weighted by atomic mass is 79.9. The van der Waals surface area contributed by atoms with Crippen molar-refractivity contribution in [3.8, 4) is 0 Å². The van der Waals surface area contributed by atoms with Crippen LogP contribution in [-0.4, -0.2) is 9.59 Å². The molecule has 0 saturated carbocycles. The molecule has 0 fully saturated rings. The van der Waals surface area contributed by atoms with Crippen molar-refractivity contribution in [3.63, 3.8) is 0 Å². The maximum atomic E-state index is 5.66. The van der Waals surface area contributed by atoms with Crippen LogP contribution in [0, 0.1) is 0 Å². The van der Waals surface area contributed by atoms with Gasteiger partial charge in [-0.3, -0.25) is 11.3 Å². The van der Waals surface area contributed by atoms with E-state index < -0.39 is 0 Å². The number of nitrogens with one attached hydrogen (secondary N) is 1. The molecular weight excluding hydrogens is 312 g/mol. The van der Waals surface area contributed by atoms with Gasteiger partial charge in [-0.1, -0.05) is 39.5 Å². The second-order valence-corrected chi connectivity index (χ2v) is 5.69. The van der Waals surface area contributed by atoms with Gasteiger partial charge in [0.05, 0.1) is 16.6 Å². The Morgan fingerprint density at radius 2 is 2.33 bits per heavy atom.